The summed E-state index contributed by atoms with van der Waals surface area (Å²) in [5, 5.41) is 13.3. The first-order chi connectivity index (χ1) is 12.4. The summed E-state index contributed by atoms with van der Waals surface area (Å²) in [5.74, 6) is -0.167. The molecule has 1 amide bonds. The predicted molar refractivity (Wildman–Crippen MR) is 100 cm³/mol. The SMILES string of the molecule is Cc1ccc(CNC(=O)Cc2c(C)c3ccc(O)c(C)c3oc2=O)cc1. The molecule has 0 aliphatic heterocycles. The van der Waals surface area contributed by atoms with Crippen molar-refractivity contribution in [3.8, 4) is 5.75 Å². The number of aryl methyl sites for hydroxylation is 3. The molecule has 3 aromatic rings. The molecule has 0 saturated heterocycles. The summed E-state index contributed by atoms with van der Waals surface area (Å²) in [6.45, 7) is 5.89. The minimum atomic E-state index is -0.547. The van der Waals surface area contributed by atoms with E-state index in [2.05, 4.69) is 5.32 Å². The largest absolute Gasteiger partial charge is 0.508 e. The Bertz CT molecular complexity index is 1030. The number of carbonyl (C=O) groups excluding carboxylic acids is 1. The number of rotatable bonds is 4. The number of carbonyl (C=O) groups is 1. The molecule has 0 aliphatic rings. The van der Waals surface area contributed by atoms with Crippen molar-refractivity contribution in [3.63, 3.8) is 0 Å². The molecule has 0 bridgehead atoms. The van der Waals surface area contributed by atoms with Gasteiger partial charge >= 0.3 is 5.63 Å². The summed E-state index contributed by atoms with van der Waals surface area (Å²) < 4.78 is 5.37. The Hall–Kier alpha value is -3.08. The van der Waals surface area contributed by atoms with Gasteiger partial charge in [0.05, 0.1) is 12.0 Å². The number of benzene rings is 2. The van der Waals surface area contributed by atoms with Crippen LogP contribution in [0.1, 0.15) is 27.8 Å². The Balaban J connectivity index is 1.82. The molecular formula is C21H21NO4. The number of aromatic hydroxyl groups is 1. The fraction of sp³-hybridized carbons (Fsp3) is 0.238. The lowest BCUT2D eigenvalue weighted by atomic mass is 10.0. The standard InChI is InChI=1S/C21H21NO4/c1-12-4-6-15(7-5-12)11-22-19(24)10-17-13(2)16-8-9-18(23)14(3)20(16)26-21(17)25/h4-9,23H,10-11H2,1-3H3,(H,22,24). The fourth-order valence-corrected chi connectivity index (χ4v) is 2.91. The van der Waals surface area contributed by atoms with Gasteiger partial charge in [-0.15, -0.1) is 0 Å². The van der Waals surface area contributed by atoms with Crippen molar-refractivity contribution >= 4 is 16.9 Å². The van der Waals surface area contributed by atoms with E-state index >= 15 is 0 Å². The molecular weight excluding hydrogens is 330 g/mol. The number of hydrogen-bond donors (Lipinski definition) is 2. The molecule has 0 fully saturated rings. The first-order valence-electron chi connectivity index (χ1n) is 8.44. The minimum absolute atomic E-state index is 0.0457. The zero-order valence-corrected chi connectivity index (χ0v) is 15.1. The van der Waals surface area contributed by atoms with Crippen molar-refractivity contribution in [2.75, 3.05) is 0 Å². The maximum absolute atomic E-state index is 12.3. The molecule has 5 nitrogen and oxygen atoms in total. The number of phenols is 1. The van der Waals surface area contributed by atoms with E-state index in [1.165, 1.54) is 0 Å². The molecule has 2 N–H and O–H groups in total. The Labute approximate surface area is 151 Å². The zero-order valence-electron chi connectivity index (χ0n) is 15.1. The molecule has 2 aromatic carbocycles. The van der Waals surface area contributed by atoms with E-state index in [-0.39, 0.29) is 18.1 Å². The number of amides is 1. The van der Waals surface area contributed by atoms with Crippen LogP contribution in [-0.4, -0.2) is 11.0 Å². The molecule has 5 heteroatoms. The Morgan fingerprint density at radius 2 is 1.73 bits per heavy atom. The Morgan fingerprint density at radius 3 is 2.42 bits per heavy atom. The second-order valence-corrected chi connectivity index (χ2v) is 6.52. The number of hydrogen-bond acceptors (Lipinski definition) is 4. The van der Waals surface area contributed by atoms with Gasteiger partial charge in [0.2, 0.25) is 5.91 Å². The van der Waals surface area contributed by atoms with E-state index in [9.17, 15) is 14.7 Å². The highest BCUT2D eigenvalue weighted by molar-refractivity contribution is 5.87. The lowest BCUT2D eigenvalue weighted by Gasteiger charge is -2.10. The second-order valence-electron chi connectivity index (χ2n) is 6.52. The third-order valence-corrected chi connectivity index (χ3v) is 4.62. The second kappa shape index (κ2) is 7.04. The summed E-state index contributed by atoms with van der Waals surface area (Å²) in [4.78, 5) is 24.6. The van der Waals surface area contributed by atoms with Crippen molar-refractivity contribution < 1.29 is 14.3 Å². The number of phenolic OH excluding ortho intramolecular Hbond substituents is 1. The molecule has 3 rings (SSSR count). The summed E-state index contributed by atoms with van der Waals surface area (Å²) in [5.41, 5.74) is 3.51. The number of fused-ring (bicyclic) bond motifs is 1. The molecule has 0 aliphatic carbocycles. The molecule has 0 radical (unpaired) electrons. The molecule has 1 aromatic heterocycles. The monoisotopic (exact) mass is 351 g/mol. The molecule has 0 atom stereocenters. The first kappa shape index (κ1) is 17.7. The summed E-state index contributed by atoms with van der Waals surface area (Å²) in [6, 6.07) is 11.2. The third kappa shape index (κ3) is 3.47. The van der Waals surface area contributed by atoms with Crippen LogP contribution in [0.15, 0.2) is 45.6 Å². The normalized spacial score (nSPS) is 10.9. The van der Waals surface area contributed by atoms with E-state index in [4.69, 9.17) is 4.42 Å². The van der Waals surface area contributed by atoms with Gasteiger partial charge in [-0.05, 0) is 44.0 Å². The van der Waals surface area contributed by atoms with Crippen LogP contribution < -0.4 is 10.9 Å². The maximum atomic E-state index is 12.3. The molecule has 0 spiro atoms. The van der Waals surface area contributed by atoms with Gasteiger partial charge in [-0.1, -0.05) is 29.8 Å². The van der Waals surface area contributed by atoms with Gasteiger partial charge in [0.15, 0.2) is 0 Å². The Morgan fingerprint density at radius 1 is 1.04 bits per heavy atom. The predicted octanol–water partition coefficient (Wildman–Crippen LogP) is 3.28. The van der Waals surface area contributed by atoms with E-state index in [0.29, 0.717) is 28.8 Å². The average molecular weight is 351 g/mol. The van der Waals surface area contributed by atoms with E-state index < -0.39 is 5.63 Å². The maximum Gasteiger partial charge on any atom is 0.340 e. The van der Waals surface area contributed by atoms with Gasteiger partial charge in [-0.25, -0.2) is 4.79 Å². The van der Waals surface area contributed by atoms with Crippen molar-refractivity contribution in [3.05, 3.63) is 74.6 Å². The molecule has 1 heterocycles. The van der Waals surface area contributed by atoms with E-state index in [1.54, 1.807) is 26.0 Å². The van der Waals surface area contributed by atoms with E-state index in [1.807, 2.05) is 31.2 Å². The minimum Gasteiger partial charge on any atom is -0.508 e. The van der Waals surface area contributed by atoms with Crippen LogP contribution in [0.3, 0.4) is 0 Å². The molecule has 26 heavy (non-hydrogen) atoms. The summed E-state index contributed by atoms with van der Waals surface area (Å²) >= 11 is 0. The lowest BCUT2D eigenvalue weighted by Crippen LogP contribution is -2.27. The van der Waals surface area contributed by atoms with Crippen LogP contribution >= 0.6 is 0 Å². The highest BCUT2D eigenvalue weighted by atomic mass is 16.4. The van der Waals surface area contributed by atoms with Gasteiger partial charge in [-0.2, -0.15) is 0 Å². The van der Waals surface area contributed by atoms with Crippen molar-refractivity contribution in [2.45, 2.75) is 33.7 Å². The van der Waals surface area contributed by atoms with Crippen molar-refractivity contribution in [2.24, 2.45) is 0 Å². The van der Waals surface area contributed by atoms with Crippen molar-refractivity contribution in [1.82, 2.24) is 5.32 Å². The van der Waals surface area contributed by atoms with Crippen LogP contribution in [0.5, 0.6) is 5.75 Å². The van der Waals surface area contributed by atoms with Crippen LogP contribution in [0.25, 0.3) is 11.0 Å². The van der Waals surface area contributed by atoms with Gasteiger partial charge in [0.1, 0.15) is 11.3 Å². The van der Waals surface area contributed by atoms with Crippen LogP contribution in [0.2, 0.25) is 0 Å². The quantitative estimate of drug-likeness (QED) is 0.707. The highest BCUT2D eigenvalue weighted by Gasteiger charge is 2.16. The third-order valence-electron chi connectivity index (χ3n) is 4.62. The molecule has 0 unspecified atom stereocenters. The Kier molecular flexibility index (Phi) is 4.80. The average Bonchev–Trinajstić information content (AvgIpc) is 2.61. The van der Waals surface area contributed by atoms with Crippen LogP contribution in [0.4, 0.5) is 0 Å². The summed E-state index contributed by atoms with van der Waals surface area (Å²) in [6.07, 6.45) is -0.0457. The van der Waals surface area contributed by atoms with Gasteiger partial charge in [0.25, 0.3) is 0 Å². The molecule has 134 valence electrons. The summed E-state index contributed by atoms with van der Waals surface area (Å²) in [7, 11) is 0. The molecule has 0 saturated carbocycles. The van der Waals surface area contributed by atoms with Crippen LogP contribution in [0, 0.1) is 20.8 Å². The van der Waals surface area contributed by atoms with E-state index in [0.717, 1.165) is 16.5 Å². The number of nitrogens with one attached hydrogen (secondary N) is 1. The topological polar surface area (TPSA) is 79.5 Å². The highest BCUT2D eigenvalue weighted by Crippen LogP contribution is 2.28. The van der Waals surface area contributed by atoms with Crippen LogP contribution in [-0.2, 0) is 17.8 Å². The van der Waals surface area contributed by atoms with Crippen molar-refractivity contribution in [1.29, 1.82) is 0 Å². The first-order valence-corrected chi connectivity index (χ1v) is 8.44. The smallest absolute Gasteiger partial charge is 0.340 e. The van der Waals surface area contributed by atoms with Gasteiger partial charge in [0, 0.05) is 17.5 Å². The van der Waals surface area contributed by atoms with Gasteiger partial charge in [-0.3, -0.25) is 4.79 Å². The zero-order chi connectivity index (χ0) is 18.8. The fourth-order valence-electron chi connectivity index (χ4n) is 2.91. The lowest BCUT2D eigenvalue weighted by molar-refractivity contribution is -0.120. The van der Waals surface area contributed by atoms with Gasteiger partial charge < -0.3 is 14.8 Å².